The Labute approximate surface area is 130 Å². The Morgan fingerprint density at radius 1 is 1.26 bits per heavy atom. The number of benzene rings is 2. The number of carbonyl (C=O) groups is 1. The first-order valence-electron chi connectivity index (χ1n) is 5.60. The first kappa shape index (κ1) is 14.1. The van der Waals surface area contributed by atoms with Crippen LogP contribution in [0, 0.1) is 10.5 Å². The van der Waals surface area contributed by atoms with Gasteiger partial charge in [0.15, 0.2) is 0 Å². The van der Waals surface area contributed by atoms with Gasteiger partial charge >= 0.3 is 0 Å². The normalized spacial score (nSPS) is 10.3. The van der Waals surface area contributed by atoms with Gasteiger partial charge in [0, 0.05) is 14.8 Å². The lowest BCUT2D eigenvalue weighted by Gasteiger charge is -2.09. The summed E-state index contributed by atoms with van der Waals surface area (Å²) >= 11 is 8.06. The Balaban J connectivity index is 2.23. The molecule has 19 heavy (non-hydrogen) atoms. The molecule has 0 spiro atoms. The smallest absolute Gasteiger partial charge is 0.255 e. The summed E-state index contributed by atoms with van der Waals surface area (Å²) in [7, 11) is 0. The average Bonchev–Trinajstić information content (AvgIpc) is 2.36. The van der Waals surface area contributed by atoms with Gasteiger partial charge in [-0.1, -0.05) is 11.6 Å². The Morgan fingerprint density at radius 3 is 2.63 bits per heavy atom. The second-order valence-electron chi connectivity index (χ2n) is 4.15. The number of aryl methyl sites for hydroxylation is 1. The molecule has 0 fully saturated rings. The lowest BCUT2D eigenvalue weighted by Crippen LogP contribution is -2.13. The standard InChI is InChI=1S/C14H12ClIN2O/c1-8-6-10(16)3-5-13(8)18-14(19)9-2-4-11(15)12(17)7-9/h2-7H,17H2,1H3,(H,18,19). The average molecular weight is 387 g/mol. The molecule has 0 radical (unpaired) electrons. The summed E-state index contributed by atoms with van der Waals surface area (Å²) in [4.78, 5) is 12.1. The molecule has 0 atom stereocenters. The minimum atomic E-state index is -0.201. The SMILES string of the molecule is Cc1cc(I)ccc1NC(=O)c1ccc(Cl)c(N)c1. The zero-order valence-electron chi connectivity index (χ0n) is 10.2. The molecule has 0 aliphatic rings. The molecular weight excluding hydrogens is 375 g/mol. The molecule has 3 nitrogen and oxygen atoms in total. The molecule has 3 N–H and O–H groups in total. The number of halogens is 2. The Bertz CT molecular complexity index is 643. The number of hydrogen-bond acceptors (Lipinski definition) is 2. The molecule has 0 aliphatic carbocycles. The number of nitrogens with one attached hydrogen (secondary N) is 1. The second kappa shape index (κ2) is 5.79. The predicted octanol–water partition coefficient (Wildman–Crippen LogP) is 4.09. The zero-order valence-corrected chi connectivity index (χ0v) is 13.1. The van der Waals surface area contributed by atoms with Crippen LogP contribution in [0.25, 0.3) is 0 Å². The highest BCUT2D eigenvalue weighted by atomic mass is 127. The van der Waals surface area contributed by atoms with E-state index in [0.29, 0.717) is 16.3 Å². The van der Waals surface area contributed by atoms with Crippen LogP contribution in [0.2, 0.25) is 5.02 Å². The summed E-state index contributed by atoms with van der Waals surface area (Å²) < 4.78 is 1.13. The lowest BCUT2D eigenvalue weighted by atomic mass is 10.1. The maximum absolute atomic E-state index is 12.1. The second-order valence-corrected chi connectivity index (χ2v) is 5.80. The number of nitrogen functional groups attached to an aromatic ring is 1. The lowest BCUT2D eigenvalue weighted by molar-refractivity contribution is 0.102. The molecular formula is C14H12ClIN2O. The van der Waals surface area contributed by atoms with Crippen LogP contribution < -0.4 is 11.1 Å². The number of carbonyl (C=O) groups excluding carboxylic acids is 1. The van der Waals surface area contributed by atoms with E-state index in [0.717, 1.165) is 14.8 Å². The molecule has 0 unspecified atom stereocenters. The van der Waals surface area contributed by atoms with Crippen molar-refractivity contribution < 1.29 is 4.79 Å². The van der Waals surface area contributed by atoms with Crippen molar-refractivity contribution in [1.82, 2.24) is 0 Å². The van der Waals surface area contributed by atoms with Gasteiger partial charge < -0.3 is 11.1 Å². The van der Waals surface area contributed by atoms with Gasteiger partial charge in [-0.05, 0) is 71.5 Å². The van der Waals surface area contributed by atoms with E-state index in [9.17, 15) is 4.79 Å². The van der Waals surface area contributed by atoms with Crippen molar-refractivity contribution in [3.8, 4) is 0 Å². The third-order valence-electron chi connectivity index (χ3n) is 2.69. The highest BCUT2D eigenvalue weighted by molar-refractivity contribution is 14.1. The van der Waals surface area contributed by atoms with E-state index in [1.54, 1.807) is 18.2 Å². The quantitative estimate of drug-likeness (QED) is 0.603. The molecule has 2 aromatic carbocycles. The highest BCUT2D eigenvalue weighted by Crippen LogP contribution is 2.22. The van der Waals surface area contributed by atoms with Gasteiger partial charge in [-0.3, -0.25) is 4.79 Å². The molecule has 5 heteroatoms. The van der Waals surface area contributed by atoms with Gasteiger partial charge in [0.25, 0.3) is 5.91 Å². The van der Waals surface area contributed by atoms with Crippen LogP contribution in [0.1, 0.15) is 15.9 Å². The molecule has 0 heterocycles. The van der Waals surface area contributed by atoms with E-state index in [1.165, 1.54) is 0 Å². The van der Waals surface area contributed by atoms with Crippen molar-refractivity contribution in [3.63, 3.8) is 0 Å². The van der Waals surface area contributed by atoms with E-state index in [2.05, 4.69) is 27.9 Å². The molecule has 0 saturated heterocycles. The molecule has 98 valence electrons. The molecule has 2 aromatic rings. The van der Waals surface area contributed by atoms with Crippen molar-refractivity contribution >= 4 is 51.5 Å². The van der Waals surface area contributed by atoms with Crippen LogP contribution in [0.3, 0.4) is 0 Å². The predicted molar refractivity (Wildman–Crippen MR) is 87.7 cm³/mol. The molecule has 0 bridgehead atoms. The van der Waals surface area contributed by atoms with Gasteiger partial charge in [0.05, 0.1) is 10.7 Å². The van der Waals surface area contributed by atoms with E-state index >= 15 is 0 Å². The van der Waals surface area contributed by atoms with Gasteiger partial charge in [0.1, 0.15) is 0 Å². The minimum absolute atomic E-state index is 0.201. The summed E-state index contributed by atoms with van der Waals surface area (Å²) in [6.07, 6.45) is 0. The Hall–Kier alpha value is -1.27. The van der Waals surface area contributed by atoms with Gasteiger partial charge in [-0.25, -0.2) is 0 Å². The Kier molecular flexibility index (Phi) is 4.31. The van der Waals surface area contributed by atoms with Crippen molar-refractivity contribution in [2.24, 2.45) is 0 Å². The first-order valence-corrected chi connectivity index (χ1v) is 7.05. The number of amides is 1. The summed E-state index contributed by atoms with van der Waals surface area (Å²) in [6.45, 7) is 1.95. The first-order chi connectivity index (χ1) is 8.97. The van der Waals surface area contributed by atoms with Crippen molar-refractivity contribution in [2.45, 2.75) is 6.92 Å². The molecule has 0 aliphatic heterocycles. The van der Waals surface area contributed by atoms with Crippen molar-refractivity contribution in [2.75, 3.05) is 11.1 Å². The third kappa shape index (κ3) is 3.39. The topological polar surface area (TPSA) is 55.1 Å². The van der Waals surface area contributed by atoms with Gasteiger partial charge in [0.2, 0.25) is 0 Å². The third-order valence-corrected chi connectivity index (χ3v) is 3.71. The summed E-state index contributed by atoms with van der Waals surface area (Å²) in [5, 5.41) is 3.31. The van der Waals surface area contributed by atoms with Crippen LogP contribution in [0.5, 0.6) is 0 Å². The monoisotopic (exact) mass is 386 g/mol. The van der Waals surface area contributed by atoms with Crippen LogP contribution in [0.15, 0.2) is 36.4 Å². The summed E-state index contributed by atoms with van der Waals surface area (Å²) in [5.74, 6) is -0.201. The van der Waals surface area contributed by atoms with Crippen molar-refractivity contribution in [1.29, 1.82) is 0 Å². The summed E-state index contributed by atoms with van der Waals surface area (Å²) in [6, 6.07) is 10.7. The van der Waals surface area contributed by atoms with Crippen LogP contribution in [-0.4, -0.2) is 5.91 Å². The van der Waals surface area contributed by atoms with E-state index in [4.69, 9.17) is 17.3 Å². The van der Waals surface area contributed by atoms with Crippen LogP contribution >= 0.6 is 34.2 Å². The Morgan fingerprint density at radius 2 is 2.00 bits per heavy atom. The summed E-state index contributed by atoms with van der Waals surface area (Å²) in [5.41, 5.74) is 8.38. The highest BCUT2D eigenvalue weighted by Gasteiger charge is 2.09. The fraction of sp³-hybridized carbons (Fsp3) is 0.0714. The maximum atomic E-state index is 12.1. The van der Waals surface area contributed by atoms with Crippen LogP contribution in [0.4, 0.5) is 11.4 Å². The number of anilines is 2. The molecule has 0 aromatic heterocycles. The minimum Gasteiger partial charge on any atom is -0.398 e. The van der Waals surface area contributed by atoms with E-state index in [1.807, 2.05) is 25.1 Å². The van der Waals surface area contributed by atoms with Crippen molar-refractivity contribution in [3.05, 3.63) is 56.1 Å². The largest absolute Gasteiger partial charge is 0.398 e. The number of hydrogen-bond donors (Lipinski definition) is 2. The number of rotatable bonds is 2. The van der Waals surface area contributed by atoms with E-state index in [-0.39, 0.29) is 5.91 Å². The van der Waals surface area contributed by atoms with Gasteiger partial charge in [-0.2, -0.15) is 0 Å². The van der Waals surface area contributed by atoms with Crippen LogP contribution in [-0.2, 0) is 0 Å². The fourth-order valence-electron chi connectivity index (χ4n) is 1.65. The zero-order chi connectivity index (χ0) is 14.0. The molecule has 1 amide bonds. The molecule has 2 rings (SSSR count). The fourth-order valence-corrected chi connectivity index (χ4v) is 2.41. The molecule has 0 saturated carbocycles. The number of nitrogens with two attached hydrogens (primary N) is 1. The maximum Gasteiger partial charge on any atom is 0.255 e. The van der Waals surface area contributed by atoms with Gasteiger partial charge in [-0.15, -0.1) is 0 Å². The van der Waals surface area contributed by atoms with E-state index < -0.39 is 0 Å².